The van der Waals surface area contributed by atoms with Crippen LogP contribution in [0.1, 0.15) is 11.4 Å². The van der Waals surface area contributed by atoms with Crippen molar-refractivity contribution >= 4 is 21.6 Å². The maximum Gasteiger partial charge on any atom is 0.291 e. The normalized spacial score (nSPS) is 10.1. The number of nitrogens with zero attached hydrogens (tertiary/aromatic N) is 2. The zero-order valence-corrected chi connectivity index (χ0v) is 8.54. The Morgan fingerprint density at radius 2 is 2.38 bits per heavy atom. The van der Waals surface area contributed by atoms with Gasteiger partial charge < -0.3 is 5.73 Å². The van der Waals surface area contributed by atoms with Gasteiger partial charge in [-0.3, -0.25) is 10.1 Å². The third-order valence-corrected chi connectivity index (χ3v) is 2.29. The van der Waals surface area contributed by atoms with Crippen LogP contribution in [0.5, 0.6) is 0 Å². The largest absolute Gasteiger partial charge is 0.325 e. The second kappa shape index (κ2) is 3.80. The predicted octanol–water partition coefficient (Wildman–Crippen LogP) is 1.52. The van der Waals surface area contributed by atoms with Gasteiger partial charge in [-0.1, -0.05) is 0 Å². The smallest absolute Gasteiger partial charge is 0.291 e. The molecule has 0 aliphatic heterocycles. The van der Waals surface area contributed by atoms with Crippen LogP contribution in [0.15, 0.2) is 10.5 Å². The van der Waals surface area contributed by atoms with Crippen LogP contribution in [0.3, 0.4) is 0 Å². The fraction of sp³-hybridized carbons (Fsp3) is 0.286. The monoisotopic (exact) mass is 245 g/mol. The van der Waals surface area contributed by atoms with E-state index >= 15 is 0 Å². The molecule has 0 atom stereocenters. The molecule has 0 radical (unpaired) electrons. The van der Waals surface area contributed by atoms with Gasteiger partial charge in [0.05, 0.1) is 10.6 Å². The third kappa shape index (κ3) is 2.02. The lowest BCUT2D eigenvalue weighted by Gasteiger charge is -2.02. The van der Waals surface area contributed by atoms with E-state index in [9.17, 15) is 10.1 Å². The number of aromatic nitrogens is 1. The van der Waals surface area contributed by atoms with Crippen LogP contribution in [0, 0.1) is 17.0 Å². The highest BCUT2D eigenvalue weighted by atomic mass is 79.9. The van der Waals surface area contributed by atoms with Crippen molar-refractivity contribution in [2.24, 2.45) is 5.73 Å². The molecule has 0 aliphatic rings. The molecule has 2 N–H and O–H groups in total. The average Bonchev–Trinajstić information content (AvgIpc) is 2.07. The lowest BCUT2D eigenvalue weighted by Crippen LogP contribution is -2.04. The summed E-state index contributed by atoms with van der Waals surface area (Å²) in [6.07, 6.45) is 0. The van der Waals surface area contributed by atoms with Crippen molar-refractivity contribution in [3.05, 3.63) is 32.0 Å². The maximum atomic E-state index is 10.5. The number of hydrogen-bond donors (Lipinski definition) is 1. The van der Waals surface area contributed by atoms with E-state index in [1.165, 1.54) is 6.07 Å². The molecule has 0 amide bonds. The highest BCUT2D eigenvalue weighted by Crippen LogP contribution is 2.23. The molecule has 13 heavy (non-hydrogen) atoms. The van der Waals surface area contributed by atoms with Crippen LogP contribution in [-0.2, 0) is 6.54 Å². The molecule has 70 valence electrons. The maximum absolute atomic E-state index is 10.5. The number of nitrogens with two attached hydrogens (primary N) is 1. The van der Waals surface area contributed by atoms with Gasteiger partial charge in [0.1, 0.15) is 5.69 Å². The van der Waals surface area contributed by atoms with E-state index in [4.69, 9.17) is 5.73 Å². The van der Waals surface area contributed by atoms with E-state index in [2.05, 4.69) is 20.9 Å². The van der Waals surface area contributed by atoms with Crippen LogP contribution in [0.25, 0.3) is 0 Å². The zero-order valence-electron chi connectivity index (χ0n) is 6.95. The first-order chi connectivity index (χ1) is 6.06. The van der Waals surface area contributed by atoms with Gasteiger partial charge in [0.25, 0.3) is 5.69 Å². The Kier molecular flexibility index (Phi) is 2.94. The molecule has 0 unspecified atom stereocenters. The van der Waals surface area contributed by atoms with Crippen LogP contribution >= 0.6 is 15.9 Å². The van der Waals surface area contributed by atoms with Gasteiger partial charge in [-0.05, 0) is 22.9 Å². The van der Waals surface area contributed by atoms with Crippen molar-refractivity contribution < 1.29 is 4.92 Å². The van der Waals surface area contributed by atoms with E-state index in [1.807, 2.05) is 0 Å². The molecule has 1 heterocycles. The number of hydrogen-bond acceptors (Lipinski definition) is 4. The van der Waals surface area contributed by atoms with Gasteiger partial charge in [0.2, 0.25) is 0 Å². The summed E-state index contributed by atoms with van der Waals surface area (Å²) in [6.45, 7) is 1.85. The first-order valence-corrected chi connectivity index (χ1v) is 4.36. The Labute approximate surface area is 83.2 Å². The number of aryl methyl sites for hydroxylation is 1. The summed E-state index contributed by atoms with van der Waals surface area (Å²) >= 11 is 3.16. The van der Waals surface area contributed by atoms with Gasteiger partial charge in [-0.2, -0.15) is 0 Å². The Morgan fingerprint density at radius 1 is 1.77 bits per heavy atom. The predicted molar refractivity (Wildman–Crippen MR) is 51.2 cm³/mol. The summed E-state index contributed by atoms with van der Waals surface area (Å²) in [6, 6.07) is 1.42. The van der Waals surface area contributed by atoms with Gasteiger partial charge in [-0.15, -0.1) is 0 Å². The number of halogens is 1. The lowest BCUT2D eigenvalue weighted by molar-refractivity contribution is -0.385. The molecule has 0 aliphatic carbocycles. The van der Waals surface area contributed by atoms with E-state index in [1.54, 1.807) is 6.92 Å². The molecular weight excluding hydrogens is 238 g/mol. The van der Waals surface area contributed by atoms with E-state index < -0.39 is 4.92 Å². The van der Waals surface area contributed by atoms with Crippen LogP contribution in [0.2, 0.25) is 0 Å². The van der Waals surface area contributed by atoms with E-state index in [-0.39, 0.29) is 12.2 Å². The molecule has 1 rings (SSSR count). The highest BCUT2D eigenvalue weighted by molar-refractivity contribution is 9.10. The molecule has 0 aromatic carbocycles. The van der Waals surface area contributed by atoms with Gasteiger partial charge in [0, 0.05) is 17.1 Å². The molecule has 0 bridgehead atoms. The van der Waals surface area contributed by atoms with Crippen LogP contribution < -0.4 is 5.73 Å². The summed E-state index contributed by atoms with van der Waals surface area (Å²) in [5.74, 6) is 0. The standard InChI is InChI=1S/C7H8BrN3O2/c1-4-7(11(12)13)2-5(8)6(3-9)10-4/h2H,3,9H2,1H3. The summed E-state index contributed by atoms with van der Waals surface area (Å²) in [5.41, 5.74) is 6.40. The molecule has 0 fully saturated rings. The zero-order chi connectivity index (χ0) is 10.0. The number of pyridine rings is 1. The summed E-state index contributed by atoms with van der Waals surface area (Å²) in [4.78, 5) is 14.0. The van der Waals surface area contributed by atoms with Gasteiger partial charge in [0.15, 0.2) is 0 Å². The minimum Gasteiger partial charge on any atom is -0.325 e. The molecule has 5 nitrogen and oxygen atoms in total. The number of nitro groups is 1. The minimum atomic E-state index is -0.465. The second-order valence-electron chi connectivity index (χ2n) is 2.48. The quantitative estimate of drug-likeness (QED) is 0.633. The van der Waals surface area contributed by atoms with Crippen molar-refractivity contribution in [2.45, 2.75) is 13.5 Å². The Balaban J connectivity index is 3.28. The molecule has 0 saturated heterocycles. The van der Waals surface area contributed by atoms with Gasteiger partial charge in [-0.25, -0.2) is 4.98 Å². The Hall–Kier alpha value is -1.01. The summed E-state index contributed by atoms with van der Waals surface area (Å²) in [7, 11) is 0. The summed E-state index contributed by atoms with van der Waals surface area (Å²) in [5, 5.41) is 10.5. The van der Waals surface area contributed by atoms with Crippen LogP contribution in [0.4, 0.5) is 5.69 Å². The second-order valence-corrected chi connectivity index (χ2v) is 3.34. The fourth-order valence-electron chi connectivity index (χ4n) is 0.949. The molecular formula is C7H8BrN3O2. The van der Waals surface area contributed by atoms with Gasteiger partial charge >= 0.3 is 0 Å². The lowest BCUT2D eigenvalue weighted by atomic mass is 10.2. The van der Waals surface area contributed by atoms with Crippen molar-refractivity contribution in [1.82, 2.24) is 4.98 Å². The average molecular weight is 246 g/mol. The van der Waals surface area contributed by atoms with E-state index in [0.29, 0.717) is 15.9 Å². The first-order valence-electron chi connectivity index (χ1n) is 3.56. The van der Waals surface area contributed by atoms with Crippen molar-refractivity contribution in [1.29, 1.82) is 0 Å². The molecule has 1 aromatic rings. The summed E-state index contributed by atoms with van der Waals surface area (Å²) < 4.78 is 0.576. The fourth-order valence-corrected chi connectivity index (χ4v) is 1.42. The van der Waals surface area contributed by atoms with Crippen LogP contribution in [-0.4, -0.2) is 9.91 Å². The van der Waals surface area contributed by atoms with Crippen molar-refractivity contribution in [3.8, 4) is 0 Å². The highest BCUT2D eigenvalue weighted by Gasteiger charge is 2.14. The topological polar surface area (TPSA) is 82.0 Å². The molecule has 0 saturated carbocycles. The minimum absolute atomic E-state index is 0.00377. The first kappa shape index (κ1) is 10.1. The van der Waals surface area contributed by atoms with Crippen molar-refractivity contribution in [3.63, 3.8) is 0 Å². The SMILES string of the molecule is Cc1nc(CN)c(Br)cc1[N+](=O)[O-]. The Bertz CT molecular complexity index is 354. The molecule has 0 spiro atoms. The Morgan fingerprint density at radius 3 is 2.85 bits per heavy atom. The molecule has 6 heteroatoms. The number of rotatable bonds is 2. The molecule has 1 aromatic heterocycles. The van der Waals surface area contributed by atoms with Crippen molar-refractivity contribution in [2.75, 3.05) is 0 Å². The third-order valence-electron chi connectivity index (χ3n) is 1.60. The van der Waals surface area contributed by atoms with E-state index in [0.717, 1.165) is 0 Å².